The van der Waals surface area contributed by atoms with Crippen molar-refractivity contribution in [1.29, 1.82) is 0 Å². The highest BCUT2D eigenvalue weighted by Gasteiger charge is 2.38. The average molecular weight is 292 g/mol. The predicted molar refractivity (Wildman–Crippen MR) is 86.4 cm³/mol. The van der Waals surface area contributed by atoms with Crippen molar-refractivity contribution in [2.45, 2.75) is 51.6 Å². The van der Waals surface area contributed by atoms with Gasteiger partial charge in [0, 0.05) is 18.6 Å². The molecule has 1 aromatic rings. The molecule has 0 unspecified atom stereocenters. The van der Waals surface area contributed by atoms with Crippen molar-refractivity contribution in [3.05, 3.63) is 35.6 Å². The van der Waals surface area contributed by atoms with E-state index in [9.17, 15) is 4.39 Å². The molecule has 0 bridgehead atoms. The molecule has 0 saturated heterocycles. The molecule has 0 radical (unpaired) electrons. The molecule has 2 N–H and O–H groups in total. The largest absolute Gasteiger partial charge is 0.329 e. The maximum atomic E-state index is 13.3. The quantitative estimate of drug-likeness (QED) is 0.894. The van der Waals surface area contributed by atoms with E-state index in [0.29, 0.717) is 6.54 Å². The summed E-state index contributed by atoms with van der Waals surface area (Å²) in [7, 11) is 2.13. The Hall–Kier alpha value is -0.930. The summed E-state index contributed by atoms with van der Waals surface area (Å²) in [5.41, 5.74) is 7.23. The van der Waals surface area contributed by atoms with Crippen LogP contribution in [-0.4, -0.2) is 24.0 Å². The van der Waals surface area contributed by atoms with E-state index < -0.39 is 0 Å². The predicted octanol–water partition coefficient (Wildman–Crippen LogP) is 3.80. The van der Waals surface area contributed by atoms with E-state index >= 15 is 0 Å². The Kier molecular flexibility index (Phi) is 5.39. The van der Waals surface area contributed by atoms with Crippen LogP contribution in [-0.2, 0) is 6.54 Å². The third kappa shape index (κ3) is 3.83. The Morgan fingerprint density at radius 2 is 2.00 bits per heavy atom. The van der Waals surface area contributed by atoms with Gasteiger partial charge in [-0.05, 0) is 62.3 Å². The van der Waals surface area contributed by atoms with Gasteiger partial charge < -0.3 is 5.73 Å². The second-order valence-electron chi connectivity index (χ2n) is 7.00. The highest BCUT2D eigenvalue weighted by molar-refractivity contribution is 5.16. The maximum Gasteiger partial charge on any atom is 0.123 e. The third-order valence-corrected chi connectivity index (χ3v) is 5.40. The summed E-state index contributed by atoms with van der Waals surface area (Å²) in [6.07, 6.45) is 4.81. The lowest BCUT2D eigenvalue weighted by Gasteiger charge is -2.47. The fourth-order valence-corrected chi connectivity index (χ4v) is 3.66. The van der Waals surface area contributed by atoms with E-state index in [2.05, 4.69) is 25.8 Å². The SMILES string of the molecule is CC(C)C1CCC(CN)(N(C)Cc2cccc(F)c2)CC1. The lowest BCUT2D eigenvalue weighted by Crippen LogP contribution is -2.54. The monoisotopic (exact) mass is 292 g/mol. The summed E-state index contributed by atoms with van der Waals surface area (Å²) in [4.78, 5) is 2.35. The van der Waals surface area contributed by atoms with Crippen LogP contribution in [0.4, 0.5) is 4.39 Å². The number of nitrogens with zero attached hydrogens (tertiary/aromatic N) is 1. The van der Waals surface area contributed by atoms with Gasteiger partial charge in [-0.1, -0.05) is 26.0 Å². The number of hydrogen-bond donors (Lipinski definition) is 1. The van der Waals surface area contributed by atoms with E-state index in [1.807, 2.05) is 6.07 Å². The minimum Gasteiger partial charge on any atom is -0.329 e. The first-order chi connectivity index (χ1) is 9.97. The Bertz CT molecular complexity index is 450. The number of halogens is 1. The minimum absolute atomic E-state index is 0.0811. The molecule has 0 heterocycles. The molecule has 2 nitrogen and oxygen atoms in total. The zero-order chi connectivity index (χ0) is 15.5. The normalized spacial score (nSPS) is 26.5. The van der Waals surface area contributed by atoms with Crippen LogP contribution in [0.5, 0.6) is 0 Å². The highest BCUT2D eigenvalue weighted by atomic mass is 19.1. The smallest absolute Gasteiger partial charge is 0.123 e. The topological polar surface area (TPSA) is 29.3 Å². The summed E-state index contributed by atoms with van der Waals surface area (Å²) >= 11 is 0. The second kappa shape index (κ2) is 6.89. The van der Waals surface area contributed by atoms with Gasteiger partial charge in [-0.3, -0.25) is 4.90 Å². The van der Waals surface area contributed by atoms with Crippen LogP contribution >= 0.6 is 0 Å². The highest BCUT2D eigenvalue weighted by Crippen LogP contribution is 2.38. The van der Waals surface area contributed by atoms with Gasteiger partial charge in [0.1, 0.15) is 5.82 Å². The molecule has 0 atom stereocenters. The first-order valence-electron chi connectivity index (χ1n) is 8.12. The molecule has 1 fully saturated rings. The number of nitrogens with two attached hydrogens (primary N) is 1. The first kappa shape index (κ1) is 16.4. The molecule has 3 heteroatoms. The molecule has 118 valence electrons. The number of hydrogen-bond acceptors (Lipinski definition) is 2. The fraction of sp³-hybridized carbons (Fsp3) is 0.667. The van der Waals surface area contributed by atoms with Gasteiger partial charge in [0.05, 0.1) is 0 Å². The Morgan fingerprint density at radius 1 is 1.33 bits per heavy atom. The summed E-state index contributed by atoms with van der Waals surface area (Å²) in [5, 5.41) is 0. The van der Waals surface area contributed by atoms with Crippen LogP contribution in [0.15, 0.2) is 24.3 Å². The second-order valence-corrected chi connectivity index (χ2v) is 7.00. The molecule has 0 aliphatic heterocycles. The van der Waals surface area contributed by atoms with E-state index in [4.69, 9.17) is 5.73 Å². The molecule has 0 spiro atoms. The minimum atomic E-state index is -0.161. The molecule has 1 aliphatic rings. The first-order valence-corrected chi connectivity index (χ1v) is 8.12. The van der Waals surface area contributed by atoms with E-state index in [1.165, 1.54) is 18.9 Å². The molecule has 0 amide bonds. The van der Waals surface area contributed by atoms with Crippen molar-refractivity contribution in [2.24, 2.45) is 17.6 Å². The number of likely N-dealkylation sites (N-methyl/N-ethyl adjacent to an activating group) is 1. The standard InChI is InChI=1S/C18H29FN2/c1-14(2)16-7-9-18(13-20,10-8-16)21(3)12-15-5-4-6-17(19)11-15/h4-6,11,14,16H,7-10,12-13,20H2,1-3H3. The molecule has 1 aromatic carbocycles. The van der Waals surface area contributed by atoms with Crippen molar-refractivity contribution >= 4 is 0 Å². The summed E-state index contributed by atoms with van der Waals surface area (Å²) < 4.78 is 13.3. The zero-order valence-electron chi connectivity index (χ0n) is 13.6. The van der Waals surface area contributed by atoms with Gasteiger partial charge in [0.25, 0.3) is 0 Å². The van der Waals surface area contributed by atoms with E-state index in [0.717, 1.165) is 36.8 Å². The van der Waals surface area contributed by atoms with E-state index in [1.54, 1.807) is 12.1 Å². The van der Waals surface area contributed by atoms with Crippen molar-refractivity contribution in [1.82, 2.24) is 4.90 Å². The summed E-state index contributed by atoms with van der Waals surface area (Å²) in [6, 6.07) is 6.89. The van der Waals surface area contributed by atoms with Crippen LogP contribution in [0, 0.1) is 17.7 Å². The Labute approximate surface area is 128 Å². The van der Waals surface area contributed by atoms with Crippen LogP contribution in [0.25, 0.3) is 0 Å². The van der Waals surface area contributed by atoms with Crippen LogP contribution in [0.1, 0.15) is 45.1 Å². The molecule has 0 aromatic heterocycles. The molecule has 21 heavy (non-hydrogen) atoms. The van der Waals surface area contributed by atoms with Crippen LogP contribution < -0.4 is 5.73 Å². The third-order valence-electron chi connectivity index (χ3n) is 5.40. The molecule has 2 rings (SSSR count). The van der Waals surface area contributed by atoms with Gasteiger partial charge in [-0.25, -0.2) is 4.39 Å². The lowest BCUT2D eigenvalue weighted by molar-refractivity contribution is 0.0497. The summed E-state index contributed by atoms with van der Waals surface area (Å²) in [6.45, 7) is 6.08. The van der Waals surface area contributed by atoms with Gasteiger partial charge in [0.15, 0.2) is 0 Å². The van der Waals surface area contributed by atoms with Crippen molar-refractivity contribution in [2.75, 3.05) is 13.6 Å². The number of benzene rings is 1. The van der Waals surface area contributed by atoms with Crippen molar-refractivity contribution in [3.63, 3.8) is 0 Å². The molecular formula is C18H29FN2. The van der Waals surface area contributed by atoms with Gasteiger partial charge >= 0.3 is 0 Å². The van der Waals surface area contributed by atoms with Crippen molar-refractivity contribution < 1.29 is 4.39 Å². The molecular weight excluding hydrogens is 263 g/mol. The van der Waals surface area contributed by atoms with Crippen LogP contribution in [0.3, 0.4) is 0 Å². The zero-order valence-corrected chi connectivity index (χ0v) is 13.6. The van der Waals surface area contributed by atoms with Crippen LogP contribution in [0.2, 0.25) is 0 Å². The fourth-order valence-electron chi connectivity index (χ4n) is 3.66. The maximum absolute atomic E-state index is 13.3. The van der Waals surface area contributed by atoms with Crippen molar-refractivity contribution in [3.8, 4) is 0 Å². The summed E-state index contributed by atoms with van der Waals surface area (Å²) in [5.74, 6) is 1.42. The lowest BCUT2D eigenvalue weighted by atomic mass is 9.72. The number of rotatable bonds is 5. The van der Waals surface area contributed by atoms with Gasteiger partial charge in [0.2, 0.25) is 0 Å². The molecule has 1 aliphatic carbocycles. The Morgan fingerprint density at radius 3 is 2.52 bits per heavy atom. The molecule has 1 saturated carbocycles. The average Bonchev–Trinajstić information content (AvgIpc) is 2.47. The van der Waals surface area contributed by atoms with Gasteiger partial charge in [-0.15, -0.1) is 0 Å². The van der Waals surface area contributed by atoms with E-state index in [-0.39, 0.29) is 11.4 Å². The van der Waals surface area contributed by atoms with Gasteiger partial charge in [-0.2, -0.15) is 0 Å². The Balaban J connectivity index is 2.03.